The smallest absolute Gasteiger partial charge is 0.421 e. The monoisotopic (exact) mass is 344 g/mol. The molecule has 6 nitrogen and oxygen atoms in total. The predicted octanol–water partition coefficient (Wildman–Crippen LogP) is 1.23. The second kappa shape index (κ2) is 5.87. The fraction of sp³-hybridized carbons (Fsp3) is 0.667. The summed E-state index contributed by atoms with van der Waals surface area (Å²) in [5, 5.41) is 12.9. The third-order valence-electron chi connectivity index (χ3n) is 4.42. The molecule has 24 heavy (non-hydrogen) atoms. The van der Waals surface area contributed by atoms with E-state index in [0.29, 0.717) is 11.8 Å². The molecule has 1 amide bonds. The summed E-state index contributed by atoms with van der Waals surface area (Å²) in [6.07, 6.45) is -3.61. The van der Waals surface area contributed by atoms with Crippen molar-refractivity contribution >= 4 is 5.91 Å². The number of nitrogens with one attached hydrogen (secondary N) is 2. The predicted molar refractivity (Wildman–Crippen MR) is 78.1 cm³/mol. The molecule has 9 heteroatoms. The topological polar surface area (TPSA) is 76.1 Å². The van der Waals surface area contributed by atoms with Gasteiger partial charge >= 0.3 is 6.18 Å². The fourth-order valence-electron chi connectivity index (χ4n) is 3.15. The quantitative estimate of drug-likeness (QED) is 0.840. The van der Waals surface area contributed by atoms with Crippen LogP contribution < -0.4 is 15.4 Å². The summed E-state index contributed by atoms with van der Waals surface area (Å²) in [6, 6.07) is 0.812. The number of hydrogen-bond acceptors (Lipinski definition) is 5. The van der Waals surface area contributed by atoms with E-state index >= 15 is 0 Å². The van der Waals surface area contributed by atoms with Crippen molar-refractivity contribution < 1.29 is 22.7 Å². The zero-order valence-electron chi connectivity index (χ0n) is 13.4. The van der Waals surface area contributed by atoms with Crippen molar-refractivity contribution in [2.24, 2.45) is 17.8 Å². The molecule has 1 saturated heterocycles. The Balaban J connectivity index is 1.58. The van der Waals surface area contributed by atoms with Crippen molar-refractivity contribution in [3.8, 4) is 5.88 Å². The summed E-state index contributed by atoms with van der Waals surface area (Å²) in [4.78, 5) is 12.3. The molecule has 1 aliphatic heterocycles. The highest BCUT2D eigenvalue weighted by atomic mass is 19.4. The number of piperidine rings is 1. The maximum Gasteiger partial charge on any atom is 0.421 e. The lowest BCUT2D eigenvalue weighted by Crippen LogP contribution is -2.49. The van der Waals surface area contributed by atoms with Gasteiger partial charge in [0, 0.05) is 5.92 Å². The summed E-state index contributed by atoms with van der Waals surface area (Å²) < 4.78 is 43.9. The van der Waals surface area contributed by atoms with Crippen molar-refractivity contribution in [1.29, 1.82) is 0 Å². The first-order chi connectivity index (χ1) is 11.2. The van der Waals surface area contributed by atoms with Crippen molar-refractivity contribution in [3.63, 3.8) is 0 Å². The van der Waals surface area contributed by atoms with Crippen LogP contribution in [0.3, 0.4) is 0 Å². The van der Waals surface area contributed by atoms with E-state index in [1.807, 2.05) is 0 Å². The average molecular weight is 344 g/mol. The van der Waals surface area contributed by atoms with Crippen LogP contribution in [0.1, 0.15) is 19.4 Å². The van der Waals surface area contributed by atoms with Crippen LogP contribution in [0.5, 0.6) is 5.88 Å². The van der Waals surface area contributed by atoms with E-state index in [9.17, 15) is 18.0 Å². The highest BCUT2D eigenvalue weighted by Crippen LogP contribution is 2.48. The van der Waals surface area contributed by atoms with Gasteiger partial charge in [-0.05, 0) is 44.8 Å². The third kappa shape index (κ3) is 3.45. The van der Waals surface area contributed by atoms with Crippen LogP contribution in [0, 0.1) is 17.8 Å². The first kappa shape index (κ1) is 16.9. The van der Waals surface area contributed by atoms with Crippen LogP contribution in [0.15, 0.2) is 12.3 Å². The Labute approximate surface area is 137 Å². The molecule has 1 saturated carbocycles. The number of rotatable bonds is 5. The number of fused-ring (bicyclic) bond motifs is 1. The van der Waals surface area contributed by atoms with Gasteiger partial charge in [-0.15, -0.1) is 5.10 Å². The number of carbonyl (C=O) groups excluding carboxylic acids is 1. The molecule has 2 unspecified atom stereocenters. The van der Waals surface area contributed by atoms with E-state index in [2.05, 4.69) is 20.8 Å². The molecule has 2 fully saturated rings. The highest BCUT2D eigenvalue weighted by molar-refractivity contribution is 5.83. The standard InChI is InChI=1S/C15H19F3N4O2/c1-14(2,21-12(23)11-8-5-19-6-9(8)11)7-24-13-10(15(16,17)18)3-4-20-22-13/h3-4,8-9,11,19H,5-7H2,1-2H3,(H,21,23). The molecule has 3 rings (SSSR count). The van der Waals surface area contributed by atoms with Gasteiger partial charge < -0.3 is 15.4 Å². The van der Waals surface area contributed by atoms with E-state index < -0.39 is 23.2 Å². The lowest BCUT2D eigenvalue weighted by molar-refractivity contribution is -0.139. The van der Waals surface area contributed by atoms with Gasteiger partial charge in [-0.25, -0.2) is 0 Å². The summed E-state index contributed by atoms with van der Waals surface area (Å²) in [5.74, 6) is 0.0833. The number of halogens is 3. The van der Waals surface area contributed by atoms with Gasteiger partial charge in [0.15, 0.2) is 0 Å². The Kier molecular flexibility index (Phi) is 4.15. The van der Waals surface area contributed by atoms with Crippen molar-refractivity contribution in [2.75, 3.05) is 19.7 Å². The zero-order valence-corrected chi connectivity index (χ0v) is 13.4. The molecule has 2 heterocycles. The molecule has 0 radical (unpaired) electrons. The Morgan fingerprint density at radius 2 is 2.04 bits per heavy atom. The van der Waals surface area contributed by atoms with Gasteiger partial charge in [0.1, 0.15) is 12.2 Å². The van der Waals surface area contributed by atoms with Gasteiger partial charge in [0.25, 0.3) is 0 Å². The maximum absolute atomic E-state index is 12.9. The third-order valence-corrected chi connectivity index (χ3v) is 4.42. The van der Waals surface area contributed by atoms with Gasteiger partial charge in [0.2, 0.25) is 11.8 Å². The number of alkyl halides is 3. The first-order valence-electron chi connectivity index (χ1n) is 7.73. The first-order valence-corrected chi connectivity index (χ1v) is 7.73. The second-order valence-electron chi connectivity index (χ2n) is 6.92. The molecule has 1 aliphatic carbocycles. The minimum absolute atomic E-state index is 0.00669. The molecular formula is C15H19F3N4O2. The number of amides is 1. The molecule has 0 bridgehead atoms. The zero-order chi connectivity index (χ0) is 17.5. The van der Waals surface area contributed by atoms with E-state index in [0.717, 1.165) is 25.4 Å². The summed E-state index contributed by atoms with van der Waals surface area (Å²) in [7, 11) is 0. The van der Waals surface area contributed by atoms with E-state index in [1.54, 1.807) is 13.8 Å². The molecule has 2 atom stereocenters. The lowest BCUT2D eigenvalue weighted by Gasteiger charge is -2.27. The van der Waals surface area contributed by atoms with Gasteiger partial charge in [0.05, 0.1) is 11.7 Å². The second-order valence-corrected chi connectivity index (χ2v) is 6.92. The van der Waals surface area contributed by atoms with Gasteiger partial charge in [-0.3, -0.25) is 4.79 Å². The fourth-order valence-corrected chi connectivity index (χ4v) is 3.15. The Morgan fingerprint density at radius 3 is 2.67 bits per heavy atom. The summed E-state index contributed by atoms with van der Waals surface area (Å²) in [6.45, 7) is 4.94. The minimum atomic E-state index is -4.57. The number of nitrogens with zero attached hydrogens (tertiary/aromatic N) is 2. The van der Waals surface area contributed by atoms with Crippen LogP contribution >= 0.6 is 0 Å². The molecule has 1 aromatic rings. The van der Waals surface area contributed by atoms with Gasteiger partial charge in [-0.1, -0.05) is 0 Å². The number of aromatic nitrogens is 2. The van der Waals surface area contributed by atoms with E-state index in [4.69, 9.17) is 4.74 Å². The lowest BCUT2D eigenvalue weighted by atomic mass is 10.1. The van der Waals surface area contributed by atoms with Crippen LogP contribution in [0.4, 0.5) is 13.2 Å². The summed E-state index contributed by atoms with van der Waals surface area (Å²) in [5.41, 5.74) is -1.80. The Morgan fingerprint density at radius 1 is 1.38 bits per heavy atom. The SMILES string of the molecule is CC(C)(COc1nnccc1C(F)(F)F)NC(=O)C1C2CNCC21. The number of carbonyl (C=O) groups is 1. The molecule has 132 valence electrons. The van der Waals surface area contributed by atoms with E-state index in [1.165, 1.54) is 0 Å². The minimum Gasteiger partial charge on any atom is -0.474 e. The average Bonchev–Trinajstić information content (AvgIpc) is 2.98. The molecule has 0 aromatic carbocycles. The maximum atomic E-state index is 12.9. The normalized spacial score (nSPS) is 26.0. The van der Waals surface area contributed by atoms with Gasteiger partial charge in [-0.2, -0.15) is 18.3 Å². The van der Waals surface area contributed by atoms with Crippen molar-refractivity contribution in [1.82, 2.24) is 20.8 Å². The molecule has 2 N–H and O–H groups in total. The van der Waals surface area contributed by atoms with Crippen LogP contribution in [0.2, 0.25) is 0 Å². The van der Waals surface area contributed by atoms with Crippen LogP contribution in [-0.4, -0.2) is 41.3 Å². The Bertz CT molecular complexity index is 625. The summed E-state index contributed by atoms with van der Waals surface area (Å²) >= 11 is 0. The van der Waals surface area contributed by atoms with Crippen LogP contribution in [0.25, 0.3) is 0 Å². The molecule has 2 aliphatic rings. The molecule has 0 spiro atoms. The largest absolute Gasteiger partial charge is 0.474 e. The highest BCUT2D eigenvalue weighted by Gasteiger charge is 2.57. The van der Waals surface area contributed by atoms with Crippen LogP contribution in [-0.2, 0) is 11.0 Å². The number of ether oxygens (including phenoxy) is 1. The Hall–Kier alpha value is -1.90. The van der Waals surface area contributed by atoms with E-state index in [-0.39, 0.29) is 18.4 Å². The molecular weight excluding hydrogens is 325 g/mol. The number of hydrogen-bond donors (Lipinski definition) is 2. The molecule has 1 aromatic heterocycles. The van der Waals surface area contributed by atoms with Crippen molar-refractivity contribution in [2.45, 2.75) is 25.6 Å². The van der Waals surface area contributed by atoms with Crippen molar-refractivity contribution in [3.05, 3.63) is 17.8 Å².